The number of likely N-dealkylation sites (N-methyl/N-ethyl adjacent to an activating group) is 1. The van der Waals surface area contributed by atoms with Gasteiger partial charge in [-0.15, -0.1) is 0 Å². The average Bonchev–Trinajstić information content (AvgIpc) is 2.75. The van der Waals surface area contributed by atoms with Gasteiger partial charge in [-0.3, -0.25) is 0 Å². The molecule has 0 spiro atoms. The number of nitrogens with zero attached hydrogens (tertiary/aromatic N) is 1. The van der Waals surface area contributed by atoms with E-state index in [-0.39, 0.29) is 0 Å². The van der Waals surface area contributed by atoms with Crippen molar-refractivity contribution in [1.82, 2.24) is 15.2 Å². The second-order valence-electron chi connectivity index (χ2n) is 4.84. The van der Waals surface area contributed by atoms with Crippen molar-refractivity contribution in [3.8, 4) is 0 Å². The minimum atomic E-state index is 0.559. The molecule has 2 aromatic rings. The Kier molecular flexibility index (Phi) is 3.82. The first kappa shape index (κ1) is 12.1. The van der Waals surface area contributed by atoms with E-state index in [1.165, 1.54) is 16.5 Å². The van der Waals surface area contributed by atoms with Crippen LogP contribution in [0.5, 0.6) is 0 Å². The predicted octanol–water partition coefficient (Wildman–Crippen LogP) is 2.21. The van der Waals surface area contributed by atoms with Crippen molar-refractivity contribution in [3.63, 3.8) is 0 Å². The van der Waals surface area contributed by atoms with Gasteiger partial charge in [0.05, 0.1) is 0 Å². The lowest BCUT2D eigenvalue weighted by Crippen LogP contribution is -2.35. The molecule has 1 heterocycles. The summed E-state index contributed by atoms with van der Waals surface area (Å²) in [5, 5.41) is 4.76. The van der Waals surface area contributed by atoms with E-state index in [4.69, 9.17) is 0 Å². The average molecular weight is 231 g/mol. The zero-order chi connectivity index (χ0) is 12.3. The standard InChI is InChI=1S/C14H21N3/c1-11(17(2)3)9-15-10-12-4-5-13-6-7-16-14(13)8-12/h4-8,11,15-16H,9-10H2,1-3H3. The first-order valence-corrected chi connectivity index (χ1v) is 6.10. The van der Waals surface area contributed by atoms with Crippen LogP contribution in [-0.2, 0) is 6.54 Å². The maximum atomic E-state index is 3.48. The SMILES string of the molecule is CC(CNCc1ccc2cc[nH]c2c1)N(C)C. The second-order valence-corrected chi connectivity index (χ2v) is 4.84. The normalized spacial score (nSPS) is 13.4. The number of aromatic amines is 1. The van der Waals surface area contributed by atoms with Gasteiger partial charge in [0.15, 0.2) is 0 Å². The van der Waals surface area contributed by atoms with E-state index >= 15 is 0 Å². The highest BCUT2D eigenvalue weighted by molar-refractivity contribution is 5.79. The van der Waals surface area contributed by atoms with E-state index in [0.29, 0.717) is 6.04 Å². The zero-order valence-corrected chi connectivity index (χ0v) is 10.8. The summed E-state index contributed by atoms with van der Waals surface area (Å²) in [5.41, 5.74) is 2.54. The summed E-state index contributed by atoms with van der Waals surface area (Å²) in [7, 11) is 4.22. The fourth-order valence-corrected chi connectivity index (χ4v) is 1.81. The highest BCUT2D eigenvalue weighted by Gasteiger charge is 2.03. The van der Waals surface area contributed by atoms with Crippen LogP contribution in [0.3, 0.4) is 0 Å². The highest BCUT2D eigenvalue weighted by atomic mass is 15.1. The molecule has 0 aliphatic rings. The lowest BCUT2D eigenvalue weighted by Gasteiger charge is -2.20. The fraction of sp³-hybridized carbons (Fsp3) is 0.429. The summed E-state index contributed by atoms with van der Waals surface area (Å²) < 4.78 is 0. The number of H-pyrrole nitrogens is 1. The monoisotopic (exact) mass is 231 g/mol. The minimum absolute atomic E-state index is 0.559. The van der Waals surface area contributed by atoms with Gasteiger partial charge in [0.25, 0.3) is 0 Å². The number of aromatic nitrogens is 1. The lowest BCUT2D eigenvalue weighted by atomic mass is 10.1. The minimum Gasteiger partial charge on any atom is -0.361 e. The highest BCUT2D eigenvalue weighted by Crippen LogP contribution is 2.13. The summed E-state index contributed by atoms with van der Waals surface area (Å²) in [4.78, 5) is 5.46. The van der Waals surface area contributed by atoms with Crippen molar-refractivity contribution in [1.29, 1.82) is 0 Å². The summed E-state index contributed by atoms with van der Waals surface area (Å²) in [6.07, 6.45) is 1.98. The number of hydrogen-bond acceptors (Lipinski definition) is 2. The Balaban J connectivity index is 1.90. The van der Waals surface area contributed by atoms with Gasteiger partial charge in [-0.05, 0) is 44.1 Å². The second kappa shape index (κ2) is 5.34. The molecule has 0 aliphatic carbocycles. The van der Waals surface area contributed by atoms with Crippen molar-refractivity contribution >= 4 is 10.9 Å². The fourth-order valence-electron chi connectivity index (χ4n) is 1.81. The molecule has 0 amide bonds. The molecule has 0 bridgehead atoms. The third-order valence-corrected chi connectivity index (χ3v) is 3.27. The topological polar surface area (TPSA) is 31.1 Å². The van der Waals surface area contributed by atoms with Crippen LogP contribution in [0.4, 0.5) is 0 Å². The van der Waals surface area contributed by atoms with Crippen LogP contribution in [0, 0.1) is 0 Å². The van der Waals surface area contributed by atoms with E-state index in [2.05, 4.69) is 60.5 Å². The van der Waals surface area contributed by atoms with E-state index in [1.807, 2.05) is 6.20 Å². The molecule has 0 saturated heterocycles. The van der Waals surface area contributed by atoms with Crippen LogP contribution >= 0.6 is 0 Å². The summed E-state index contributed by atoms with van der Waals surface area (Å²) >= 11 is 0. The van der Waals surface area contributed by atoms with Gasteiger partial charge in [-0.2, -0.15) is 0 Å². The molecule has 1 aromatic heterocycles. The van der Waals surface area contributed by atoms with Gasteiger partial charge in [0.1, 0.15) is 0 Å². The van der Waals surface area contributed by atoms with Crippen LogP contribution in [0.15, 0.2) is 30.5 Å². The summed E-state index contributed by atoms with van der Waals surface area (Å²) in [5.74, 6) is 0. The molecule has 3 heteroatoms. The molecule has 0 aliphatic heterocycles. The molecule has 1 aromatic carbocycles. The zero-order valence-electron chi connectivity index (χ0n) is 10.8. The predicted molar refractivity (Wildman–Crippen MR) is 73.2 cm³/mol. The molecule has 92 valence electrons. The molecule has 0 fully saturated rings. The van der Waals surface area contributed by atoms with Gasteiger partial charge >= 0.3 is 0 Å². The molecule has 1 unspecified atom stereocenters. The largest absolute Gasteiger partial charge is 0.361 e. The van der Waals surface area contributed by atoms with Crippen LogP contribution in [-0.4, -0.2) is 36.6 Å². The Hall–Kier alpha value is -1.32. The maximum Gasteiger partial charge on any atom is 0.0457 e. The number of hydrogen-bond donors (Lipinski definition) is 2. The first-order valence-electron chi connectivity index (χ1n) is 6.10. The maximum absolute atomic E-state index is 3.48. The Bertz CT molecular complexity index is 473. The molecular formula is C14H21N3. The van der Waals surface area contributed by atoms with Crippen LogP contribution < -0.4 is 5.32 Å². The van der Waals surface area contributed by atoms with Gasteiger partial charge in [0.2, 0.25) is 0 Å². The third kappa shape index (κ3) is 3.08. The van der Waals surface area contributed by atoms with E-state index < -0.39 is 0 Å². The molecule has 0 saturated carbocycles. The number of fused-ring (bicyclic) bond motifs is 1. The molecule has 2 N–H and O–H groups in total. The van der Waals surface area contributed by atoms with E-state index in [0.717, 1.165) is 13.1 Å². The molecule has 3 nitrogen and oxygen atoms in total. The Morgan fingerprint density at radius 3 is 2.88 bits per heavy atom. The Labute approximate surface area is 103 Å². The molecule has 17 heavy (non-hydrogen) atoms. The van der Waals surface area contributed by atoms with Gasteiger partial charge in [-0.25, -0.2) is 0 Å². The Morgan fingerprint density at radius 1 is 1.29 bits per heavy atom. The van der Waals surface area contributed by atoms with Crippen LogP contribution in [0.2, 0.25) is 0 Å². The molecular weight excluding hydrogens is 210 g/mol. The third-order valence-electron chi connectivity index (χ3n) is 3.27. The van der Waals surface area contributed by atoms with E-state index in [1.54, 1.807) is 0 Å². The van der Waals surface area contributed by atoms with Crippen molar-refractivity contribution in [2.45, 2.75) is 19.5 Å². The van der Waals surface area contributed by atoms with Crippen molar-refractivity contribution in [3.05, 3.63) is 36.0 Å². The first-order chi connectivity index (χ1) is 8.16. The summed E-state index contributed by atoms with van der Waals surface area (Å²) in [6, 6.07) is 9.22. The van der Waals surface area contributed by atoms with Gasteiger partial charge < -0.3 is 15.2 Å². The lowest BCUT2D eigenvalue weighted by molar-refractivity contribution is 0.302. The van der Waals surface area contributed by atoms with Gasteiger partial charge in [0, 0.05) is 30.8 Å². The van der Waals surface area contributed by atoms with Gasteiger partial charge in [-0.1, -0.05) is 12.1 Å². The number of rotatable bonds is 5. The van der Waals surface area contributed by atoms with Crippen molar-refractivity contribution in [2.75, 3.05) is 20.6 Å². The van der Waals surface area contributed by atoms with Crippen LogP contribution in [0.1, 0.15) is 12.5 Å². The van der Waals surface area contributed by atoms with Crippen LogP contribution in [0.25, 0.3) is 10.9 Å². The molecule has 0 radical (unpaired) electrons. The summed E-state index contributed by atoms with van der Waals surface area (Å²) in [6.45, 7) is 4.16. The van der Waals surface area contributed by atoms with Crippen molar-refractivity contribution < 1.29 is 0 Å². The quantitative estimate of drug-likeness (QED) is 0.826. The van der Waals surface area contributed by atoms with E-state index in [9.17, 15) is 0 Å². The Morgan fingerprint density at radius 2 is 2.12 bits per heavy atom. The smallest absolute Gasteiger partial charge is 0.0457 e. The molecule has 1 atom stereocenters. The molecule has 2 rings (SSSR count). The number of nitrogens with one attached hydrogen (secondary N) is 2. The van der Waals surface area contributed by atoms with Crippen molar-refractivity contribution in [2.24, 2.45) is 0 Å². The number of benzene rings is 1.